The summed E-state index contributed by atoms with van der Waals surface area (Å²) in [5, 5.41) is 2.12. The van der Waals surface area contributed by atoms with Gasteiger partial charge in [0.1, 0.15) is 18.1 Å². The molecule has 6 nitrogen and oxygen atoms in total. The first kappa shape index (κ1) is 19.9. The Labute approximate surface area is 169 Å². The minimum absolute atomic E-state index is 0.0251. The second kappa shape index (κ2) is 8.45. The fourth-order valence-corrected chi connectivity index (χ4v) is 3.56. The molecule has 1 aliphatic rings. The van der Waals surface area contributed by atoms with Crippen LogP contribution in [0.2, 0.25) is 5.02 Å². The number of carbonyl (C=O) groups is 3. The van der Waals surface area contributed by atoms with Crippen molar-refractivity contribution < 1.29 is 23.5 Å². The molecule has 1 fully saturated rings. The maximum atomic E-state index is 13.6. The number of imide groups is 1. The van der Waals surface area contributed by atoms with Crippen LogP contribution in [0, 0.1) is 5.82 Å². The molecule has 3 rings (SSSR count). The standard InChI is InChI=1S/C19H14ClFN2O4S/c1-27-15-7-6-11(8-12(15)20)9-16-18(25)23(19(26)28-16)10-17(24)22-14-5-3-2-4-13(14)21/h2-9H,10H2,1H3,(H,22,24)/b16-9-. The number of benzene rings is 2. The van der Waals surface area contributed by atoms with Gasteiger partial charge in [-0.25, -0.2) is 4.39 Å². The fraction of sp³-hybridized carbons (Fsp3) is 0.105. The molecule has 0 radical (unpaired) electrons. The van der Waals surface area contributed by atoms with E-state index in [0.717, 1.165) is 4.90 Å². The Morgan fingerprint density at radius 2 is 2.04 bits per heavy atom. The van der Waals surface area contributed by atoms with Gasteiger partial charge in [-0.3, -0.25) is 19.3 Å². The highest BCUT2D eigenvalue weighted by Gasteiger charge is 2.36. The molecule has 0 aromatic heterocycles. The number of carbonyl (C=O) groups excluding carboxylic acids is 3. The van der Waals surface area contributed by atoms with Gasteiger partial charge >= 0.3 is 0 Å². The van der Waals surface area contributed by atoms with E-state index in [2.05, 4.69) is 5.32 Å². The molecule has 3 amide bonds. The van der Waals surface area contributed by atoms with Crippen molar-refractivity contribution in [1.82, 2.24) is 4.90 Å². The van der Waals surface area contributed by atoms with Crippen LogP contribution in [0.15, 0.2) is 47.4 Å². The van der Waals surface area contributed by atoms with E-state index in [1.54, 1.807) is 24.3 Å². The van der Waals surface area contributed by atoms with Gasteiger partial charge in [-0.1, -0.05) is 29.8 Å². The number of hydrogen-bond acceptors (Lipinski definition) is 5. The summed E-state index contributed by atoms with van der Waals surface area (Å²) in [5.74, 6) is -1.41. The Hall–Kier alpha value is -2.84. The van der Waals surface area contributed by atoms with Crippen LogP contribution < -0.4 is 10.1 Å². The number of ether oxygens (including phenoxy) is 1. The average Bonchev–Trinajstić information content (AvgIpc) is 2.91. The number of para-hydroxylation sites is 1. The SMILES string of the molecule is COc1ccc(/C=C2\SC(=O)N(CC(=O)Nc3ccccc3F)C2=O)cc1Cl. The van der Waals surface area contributed by atoms with E-state index in [9.17, 15) is 18.8 Å². The summed E-state index contributed by atoms with van der Waals surface area (Å²) >= 11 is 6.77. The van der Waals surface area contributed by atoms with Crippen molar-refractivity contribution in [3.63, 3.8) is 0 Å². The molecular weight excluding hydrogens is 407 g/mol. The van der Waals surface area contributed by atoms with Crippen molar-refractivity contribution in [2.45, 2.75) is 0 Å². The monoisotopic (exact) mass is 420 g/mol. The molecule has 9 heteroatoms. The molecule has 1 N–H and O–H groups in total. The molecule has 1 aliphatic heterocycles. The molecule has 0 unspecified atom stereocenters. The van der Waals surface area contributed by atoms with Crippen LogP contribution in [0.1, 0.15) is 5.56 Å². The molecule has 144 valence electrons. The number of amides is 3. The van der Waals surface area contributed by atoms with Gasteiger partial charge in [-0.15, -0.1) is 0 Å². The van der Waals surface area contributed by atoms with Gasteiger partial charge in [0.2, 0.25) is 5.91 Å². The largest absolute Gasteiger partial charge is 0.495 e. The van der Waals surface area contributed by atoms with Gasteiger partial charge in [0.05, 0.1) is 22.7 Å². The van der Waals surface area contributed by atoms with Crippen LogP contribution in [0.4, 0.5) is 14.9 Å². The van der Waals surface area contributed by atoms with Gasteiger partial charge in [0.15, 0.2) is 0 Å². The number of nitrogens with zero attached hydrogens (tertiary/aromatic N) is 1. The number of rotatable bonds is 5. The summed E-state index contributed by atoms with van der Waals surface area (Å²) in [6.07, 6.45) is 1.50. The minimum atomic E-state index is -0.679. The number of nitrogens with one attached hydrogen (secondary N) is 1. The summed E-state index contributed by atoms with van der Waals surface area (Å²) in [7, 11) is 1.48. The Kier molecular flexibility index (Phi) is 6.01. The van der Waals surface area contributed by atoms with Gasteiger partial charge in [-0.2, -0.15) is 0 Å². The van der Waals surface area contributed by atoms with Crippen LogP contribution >= 0.6 is 23.4 Å². The molecule has 2 aromatic rings. The molecule has 0 aliphatic carbocycles. The highest BCUT2D eigenvalue weighted by Crippen LogP contribution is 2.33. The van der Waals surface area contributed by atoms with Crippen LogP contribution in [-0.2, 0) is 9.59 Å². The van der Waals surface area contributed by atoms with Crippen molar-refractivity contribution >= 4 is 52.2 Å². The Balaban J connectivity index is 1.72. The van der Waals surface area contributed by atoms with Gasteiger partial charge < -0.3 is 10.1 Å². The van der Waals surface area contributed by atoms with E-state index in [1.165, 1.54) is 31.4 Å². The number of halogens is 2. The van der Waals surface area contributed by atoms with Gasteiger partial charge in [-0.05, 0) is 47.7 Å². The van der Waals surface area contributed by atoms with Crippen LogP contribution in [0.5, 0.6) is 5.75 Å². The normalized spacial score (nSPS) is 15.2. The molecule has 0 bridgehead atoms. The molecule has 0 spiro atoms. The summed E-state index contributed by atoms with van der Waals surface area (Å²) in [6.45, 7) is -0.514. The van der Waals surface area contributed by atoms with Crippen molar-refractivity contribution in [2.24, 2.45) is 0 Å². The molecule has 1 saturated heterocycles. The van der Waals surface area contributed by atoms with E-state index < -0.39 is 29.4 Å². The lowest BCUT2D eigenvalue weighted by Gasteiger charge is -2.12. The maximum absolute atomic E-state index is 13.6. The van der Waals surface area contributed by atoms with Crippen molar-refractivity contribution in [1.29, 1.82) is 0 Å². The second-order valence-electron chi connectivity index (χ2n) is 5.69. The lowest BCUT2D eigenvalue weighted by Crippen LogP contribution is -2.36. The van der Waals surface area contributed by atoms with Crippen molar-refractivity contribution in [3.05, 3.63) is 63.8 Å². The molecular formula is C19H14ClFN2O4S. The highest BCUT2D eigenvalue weighted by atomic mass is 35.5. The summed E-state index contributed by atoms with van der Waals surface area (Å²) < 4.78 is 18.7. The summed E-state index contributed by atoms with van der Waals surface area (Å²) in [6, 6.07) is 10.5. The third-order valence-electron chi connectivity index (χ3n) is 3.80. The topological polar surface area (TPSA) is 75.7 Å². The molecule has 1 heterocycles. The number of thioether (sulfide) groups is 1. The zero-order valence-electron chi connectivity index (χ0n) is 14.6. The van der Waals surface area contributed by atoms with Gasteiger partial charge in [0.25, 0.3) is 11.1 Å². The third kappa shape index (κ3) is 4.35. The first-order chi connectivity index (χ1) is 13.4. The second-order valence-corrected chi connectivity index (χ2v) is 7.09. The van der Waals surface area contributed by atoms with E-state index >= 15 is 0 Å². The minimum Gasteiger partial charge on any atom is -0.495 e. The Morgan fingerprint density at radius 1 is 1.29 bits per heavy atom. The predicted octanol–water partition coefficient (Wildman–Crippen LogP) is 4.16. The van der Waals surface area contributed by atoms with Crippen LogP contribution in [0.25, 0.3) is 6.08 Å². The smallest absolute Gasteiger partial charge is 0.294 e. The third-order valence-corrected chi connectivity index (χ3v) is 5.00. The number of methoxy groups -OCH3 is 1. The molecule has 0 saturated carbocycles. The molecule has 2 aromatic carbocycles. The lowest BCUT2D eigenvalue weighted by atomic mass is 10.2. The quantitative estimate of drug-likeness (QED) is 0.735. The lowest BCUT2D eigenvalue weighted by molar-refractivity contribution is -0.127. The number of anilines is 1. The Bertz CT molecular complexity index is 996. The average molecular weight is 421 g/mol. The van der Waals surface area contributed by atoms with E-state index in [-0.39, 0.29) is 10.6 Å². The van der Waals surface area contributed by atoms with E-state index in [0.29, 0.717) is 28.1 Å². The fourth-order valence-electron chi connectivity index (χ4n) is 2.46. The zero-order chi connectivity index (χ0) is 20.3. The van der Waals surface area contributed by atoms with E-state index in [1.807, 2.05) is 0 Å². The number of hydrogen-bond donors (Lipinski definition) is 1. The van der Waals surface area contributed by atoms with Crippen LogP contribution in [0.3, 0.4) is 0 Å². The highest BCUT2D eigenvalue weighted by molar-refractivity contribution is 8.18. The first-order valence-corrected chi connectivity index (χ1v) is 9.22. The molecule has 0 atom stereocenters. The maximum Gasteiger partial charge on any atom is 0.294 e. The summed E-state index contributed by atoms with van der Waals surface area (Å²) in [4.78, 5) is 37.7. The predicted molar refractivity (Wildman–Crippen MR) is 106 cm³/mol. The Morgan fingerprint density at radius 3 is 2.71 bits per heavy atom. The van der Waals surface area contributed by atoms with E-state index in [4.69, 9.17) is 16.3 Å². The van der Waals surface area contributed by atoms with Crippen molar-refractivity contribution in [2.75, 3.05) is 19.0 Å². The summed E-state index contributed by atoms with van der Waals surface area (Å²) in [5.41, 5.74) is 0.579. The van der Waals surface area contributed by atoms with Gasteiger partial charge in [0, 0.05) is 0 Å². The molecule has 28 heavy (non-hydrogen) atoms. The van der Waals surface area contributed by atoms with Crippen LogP contribution in [-0.4, -0.2) is 35.6 Å². The first-order valence-electron chi connectivity index (χ1n) is 8.02. The van der Waals surface area contributed by atoms with Crippen molar-refractivity contribution in [3.8, 4) is 5.75 Å². The zero-order valence-corrected chi connectivity index (χ0v) is 16.1.